The summed E-state index contributed by atoms with van der Waals surface area (Å²) in [6, 6.07) is 4.67. The molecule has 2 atom stereocenters. The second-order valence-corrected chi connectivity index (χ2v) is 5.46. The lowest BCUT2D eigenvalue weighted by atomic mass is 10.0. The number of carboxylic acids is 1. The van der Waals surface area contributed by atoms with E-state index in [0.29, 0.717) is 19.3 Å². The van der Waals surface area contributed by atoms with Crippen LogP contribution in [0.5, 0.6) is 5.75 Å². The van der Waals surface area contributed by atoms with Crippen molar-refractivity contribution in [1.29, 1.82) is 0 Å². The van der Waals surface area contributed by atoms with Gasteiger partial charge in [-0.25, -0.2) is 0 Å². The summed E-state index contributed by atoms with van der Waals surface area (Å²) in [5, 5.41) is 11.3. The van der Waals surface area contributed by atoms with E-state index in [9.17, 15) is 18.4 Å². The molecule has 1 saturated carbocycles. The van der Waals surface area contributed by atoms with Crippen molar-refractivity contribution in [2.24, 2.45) is 5.92 Å². The van der Waals surface area contributed by atoms with Gasteiger partial charge in [0.25, 0.3) is 5.91 Å². The fraction of sp³-hybridized carbons (Fsp3) is 0.500. The summed E-state index contributed by atoms with van der Waals surface area (Å²) in [7, 11) is 0. The Bertz CT molecular complexity index is 591. The molecular weight excluding hydrogens is 308 g/mol. The van der Waals surface area contributed by atoms with Crippen molar-refractivity contribution in [2.45, 2.75) is 38.2 Å². The van der Waals surface area contributed by atoms with Gasteiger partial charge in [0.2, 0.25) is 0 Å². The highest BCUT2D eigenvalue weighted by Crippen LogP contribution is 2.36. The first kappa shape index (κ1) is 17.2. The topological polar surface area (TPSA) is 75.6 Å². The van der Waals surface area contributed by atoms with Crippen LogP contribution in [0.25, 0.3) is 0 Å². The van der Waals surface area contributed by atoms with E-state index in [1.54, 1.807) is 13.0 Å². The van der Waals surface area contributed by atoms with Gasteiger partial charge in [-0.2, -0.15) is 8.78 Å². The molecular formula is C16H19F2NO4. The van der Waals surface area contributed by atoms with Gasteiger partial charge in [-0.1, -0.05) is 18.6 Å². The Labute approximate surface area is 132 Å². The van der Waals surface area contributed by atoms with E-state index in [0.717, 1.165) is 6.07 Å². The number of amides is 1. The number of carboxylic acid groups (broad SMARTS) is 1. The van der Waals surface area contributed by atoms with Crippen LogP contribution in [-0.2, 0) is 15.5 Å². The Morgan fingerprint density at radius 1 is 1.35 bits per heavy atom. The lowest BCUT2D eigenvalue weighted by Gasteiger charge is -2.23. The second kappa shape index (κ2) is 6.93. The Balaban J connectivity index is 2.19. The van der Waals surface area contributed by atoms with Gasteiger partial charge in [-0.15, -0.1) is 0 Å². The first-order chi connectivity index (χ1) is 10.9. The molecule has 1 aromatic carbocycles. The minimum Gasteiger partial charge on any atom is -0.493 e. The number of alkyl halides is 2. The number of aliphatic carboxylic acids is 1. The molecule has 1 aromatic rings. The third kappa shape index (κ3) is 3.60. The first-order valence-corrected chi connectivity index (χ1v) is 7.51. The fourth-order valence-electron chi connectivity index (χ4n) is 2.82. The molecule has 1 fully saturated rings. The molecule has 5 nitrogen and oxygen atoms in total. The standard InChI is InChI=1S/C16H19F2NO4/c1-2-23-13-9-4-3-7-11(13)16(17,18)15(22)19-12-8-5-6-10(12)14(20)21/h3-4,7,9-10,12H,2,5-6,8H2,1H3,(H,19,22)(H,20,21)/t10-,12+/m0/s1. The van der Waals surface area contributed by atoms with Crippen LogP contribution in [-0.4, -0.2) is 29.6 Å². The Morgan fingerprint density at radius 3 is 2.70 bits per heavy atom. The number of hydrogen-bond donors (Lipinski definition) is 2. The van der Waals surface area contributed by atoms with Gasteiger partial charge in [0, 0.05) is 6.04 Å². The van der Waals surface area contributed by atoms with Crippen molar-refractivity contribution in [2.75, 3.05) is 6.61 Å². The lowest BCUT2D eigenvalue weighted by Crippen LogP contribution is -2.46. The maximum absolute atomic E-state index is 14.5. The number of benzene rings is 1. The predicted octanol–water partition coefficient (Wildman–Crippen LogP) is 2.55. The zero-order valence-corrected chi connectivity index (χ0v) is 12.7. The number of carbonyl (C=O) groups excluding carboxylic acids is 1. The molecule has 0 aromatic heterocycles. The van der Waals surface area contributed by atoms with Gasteiger partial charge < -0.3 is 15.2 Å². The highest BCUT2D eigenvalue weighted by atomic mass is 19.3. The minimum absolute atomic E-state index is 0.0589. The number of rotatable bonds is 6. The summed E-state index contributed by atoms with van der Waals surface area (Å²) in [5.41, 5.74) is -0.524. The van der Waals surface area contributed by atoms with E-state index in [1.807, 2.05) is 0 Å². The van der Waals surface area contributed by atoms with Crippen LogP contribution >= 0.6 is 0 Å². The van der Waals surface area contributed by atoms with Crippen LogP contribution in [0.2, 0.25) is 0 Å². The average molecular weight is 327 g/mol. The summed E-state index contributed by atoms with van der Waals surface area (Å²) in [4.78, 5) is 23.1. The first-order valence-electron chi connectivity index (χ1n) is 7.51. The van der Waals surface area contributed by atoms with Crippen LogP contribution in [0.15, 0.2) is 24.3 Å². The van der Waals surface area contributed by atoms with Crippen molar-refractivity contribution >= 4 is 11.9 Å². The maximum Gasteiger partial charge on any atom is 0.353 e. The molecule has 1 aliphatic carbocycles. The molecule has 1 aliphatic rings. The molecule has 23 heavy (non-hydrogen) atoms. The van der Waals surface area contributed by atoms with Gasteiger partial charge in [-0.3, -0.25) is 9.59 Å². The van der Waals surface area contributed by atoms with E-state index in [2.05, 4.69) is 5.32 Å². The van der Waals surface area contributed by atoms with E-state index in [-0.39, 0.29) is 12.4 Å². The Kier molecular flexibility index (Phi) is 5.18. The zero-order chi connectivity index (χ0) is 17.0. The number of hydrogen-bond acceptors (Lipinski definition) is 3. The van der Waals surface area contributed by atoms with Crippen molar-refractivity contribution in [3.8, 4) is 5.75 Å². The number of carbonyl (C=O) groups is 2. The quantitative estimate of drug-likeness (QED) is 0.842. The SMILES string of the molecule is CCOc1ccccc1C(F)(F)C(=O)N[C@@H]1CCC[C@@H]1C(=O)O. The highest BCUT2D eigenvalue weighted by Gasteiger charge is 2.46. The van der Waals surface area contributed by atoms with Crippen LogP contribution in [0.1, 0.15) is 31.7 Å². The lowest BCUT2D eigenvalue weighted by molar-refractivity contribution is -0.149. The number of para-hydroxylation sites is 1. The normalized spacial score (nSPS) is 21.0. The van der Waals surface area contributed by atoms with Crippen molar-refractivity contribution in [1.82, 2.24) is 5.32 Å². The Hall–Kier alpha value is -2.18. The number of nitrogens with one attached hydrogen (secondary N) is 1. The van der Waals surface area contributed by atoms with Crippen LogP contribution < -0.4 is 10.1 Å². The van der Waals surface area contributed by atoms with Gasteiger partial charge in [-0.05, 0) is 31.9 Å². The van der Waals surface area contributed by atoms with E-state index < -0.39 is 35.3 Å². The third-order valence-electron chi connectivity index (χ3n) is 3.96. The summed E-state index contributed by atoms with van der Waals surface area (Å²) in [5.74, 6) is -7.25. The molecule has 0 saturated heterocycles. The molecule has 1 amide bonds. The van der Waals surface area contributed by atoms with Crippen LogP contribution in [0.4, 0.5) is 8.78 Å². The molecule has 0 unspecified atom stereocenters. The van der Waals surface area contributed by atoms with Crippen LogP contribution in [0, 0.1) is 5.92 Å². The van der Waals surface area contributed by atoms with Crippen molar-refractivity contribution in [3.05, 3.63) is 29.8 Å². The summed E-state index contributed by atoms with van der Waals surface area (Å²) in [6.45, 7) is 1.85. The highest BCUT2D eigenvalue weighted by molar-refractivity contribution is 5.86. The number of halogens is 2. The van der Waals surface area contributed by atoms with Crippen molar-refractivity contribution < 1.29 is 28.2 Å². The molecule has 2 N–H and O–H groups in total. The van der Waals surface area contributed by atoms with Gasteiger partial charge >= 0.3 is 11.9 Å². The summed E-state index contributed by atoms with van der Waals surface area (Å²) < 4.78 is 34.1. The van der Waals surface area contributed by atoms with E-state index in [1.165, 1.54) is 12.1 Å². The maximum atomic E-state index is 14.5. The number of ether oxygens (including phenoxy) is 1. The Morgan fingerprint density at radius 2 is 2.04 bits per heavy atom. The molecule has 7 heteroatoms. The predicted molar refractivity (Wildman–Crippen MR) is 78.4 cm³/mol. The average Bonchev–Trinajstić information content (AvgIpc) is 2.96. The molecule has 0 radical (unpaired) electrons. The van der Waals surface area contributed by atoms with Gasteiger partial charge in [0.1, 0.15) is 5.75 Å². The second-order valence-electron chi connectivity index (χ2n) is 5.46. The van der Waals surface area contributed by atoms with E-state index >= 15 is 0 Å². The smallest absolute Gasteiger partial charge is 0.353 e. The third-order valence-corrected chi connectivity index (χ3v) is 3.96. The van der Waals surface area contributed by atoms with Crippen molar-refractivity contribution in [3.63, 3.8) is 0 Å². The zero-order valence-electron chi connectivity index (χ0n) is 12.7. The fourth-order valence-corrected chi connectivity index (χ4v) is 2.82. The minimum atomic E-state index is -3.79. The molecule has 0 spiro atoms. The molecule has 126 valence electrons. The summed E-state index contributed by atoms with van der Waals surface area (Å²) in [6.07, 6.45) is 1.34. The van der Waals surface area contributed by atoms with E-state index in [4.69, 9.17) is 9.84 Å². The largest absolute Gasteiger partial charge is 0.493 e. The van der Waals surface area contributed by atoms with Gasteiger partial charge in [0.05, 0.1) is 18.1 Å². The van der Waals surface area contributed by atoms with Crippen LogP contribution in [0.3, 0.4) is 0 Å². The molecule has 0 aliphatic heterocycles. The monoisotopic (exact) mass is 327 g/mol. The summed E-state index contributed by atoms with van der Waals surface area (Å²) >= 11 is 0. The molecule has 0 heterocycles. The molecule has 0 bridgehead atoms. The van der Waals surface area contributed by atoms with Gasteiger partial charge in [0.15, 0.2) is 0 Å². The molecule has 2 rings (SSSR count).